The second-order valence-corrected chi connectivity index (χ2v) is 7.80. The summed E-state index contributed by atoms with van der Waals surface area (Å²) in [6.45, 7) is 2.82. The van der Waals surface area contributed by atoms with Crippen LogP contribution in [0.5, 0.6) is 0 Å². The molecule has 0 saturated heterocycles. The van der Waals surface area contributed by atoms with Crippen molar-refractivity contribution in [3.8, 4) is 0 Å². The molecule has 1 aromatic heterocycles. The average Bonchev–Trinajstić information content (AvgIpc) is 2.59. The van der Waals surface area contributed by atoms with Gasteiger partial charge in [-0.15, -0.1) is 11.3 Å². The Bertz CT molecular complexity index is 347. The van der Waals surface area contributed by atoms with Crippen molar-refractivity contribution in [1.29, 1.82) is 0 Å². The minimum atomic E-state index is -0.00722. The summed E-state index contributed by atoms with van der Waals surface area (Å²) in [5.74, 6) is -0.00722. The number of nitrogens with one attached hydrogen (secondary N) is 1. The topological polar surface area (TPSA) is 29.1 Å². The third-order valence-corrected chi connectivity index (χ3v) is 6.42. The third kappa shape index (κ3) is 4.47. The number of amides is 1. The Labute approximate surface area is 125 Å². The zero-order valence-corrected chi connectivity index (χ0v) is 14.3. The number of hydrogen-bond acceptors (Lipinski definition) is 2. The lowest BCUT2D eigenvalue weighted by molar-refractivity contribution is 0.0957. The second-order valence-electron chi connectivity index (χ2n) is 3.28. The largest absolute Gasteiger partial charge is 0.351 e. The summed E-state index contributed by atoms with van der Waals surface area (Å²) in [6.07, 6.45) is 2.03. The number of halogens is 3. The summed E-state index contributed by atoms with van der Waals surface area (Å²) in [7, 11) is 0. The molecular formula is C10H12Br3NOS. The van der Waals surface area contributed by atoms with Crippen molar-refractivity contribution in [2.24, 2.45) is 0 Å². The second kappa shape index (κ2) is 7.13. The van der Waals surface area contributed by atoms with Crippen molar-refractivity contribution < 1.29 is 4.79 Å². The van der Waals surface area contributed by atoms with Gasteiger partial charge in [0.25, 0.3) is 5.91 Å². The Kier molecular flexibility index (Phi) is 6.54. The molecule has 1 heterocycles. The van der Waals surface area contributed by atoms with E-state index in [-0.39, 0.29) is 5.91 Å². The minimum Gasteiger partial charge on any atom is -0.351 e. The van der Waals surface area contributed by atoms with Gasteiger partial charge in [0.1, 0.15) is 0 Å². The lowest BCUT2D eigenvalue weighted by Crippen LogP contribution is -2.25. The summed E-state index contributed by atoms with van der Waals surface area (Å²) in [6, 6.07) is 1.83. The van der Waals surface area contributed by atoms with Gasteiger partial charge in [0.05, 0.1) is 8.66 Å². The molecule has 90 valence electrons. The van der Waals surface area contributed by atoms with Crippen molar-refractivity contribution in [3.05, 3.63) is 19.2 Å². The van der Waals surface area contributed by atoms with Gasteiger partial charge in [0.2, 0.25) is 0 Å². The van der Waals surface area contributed by atoms with E-state index in [4.69, 9.17) is 0 Å². The number of rotatable bonds is 5. The van der Waals surface area contributed by atoms with Crippen molar-refractivity contribution >= 4 is 65.0 Å². The van der Waals surface area contributed by atoms with E-state index in [1.54, 1.807) is 0 Å². The molecule has 0 aliphatic carbocycles. The smallest absolute Gasteiger partial charge is 0.261 e. The fourth-order valence-electron chi connectivity index (χ4n) is 1.09. The van der Waals surface area contributed by atoms with Crippen LogP contribution >= 0.6 is 59.1 Å². The van der Waals surface area contributed by atoms with Gasteiger partial charge < -0.3 is 5.32 Å². The Morgan fingerprint density at radius 3 is 2.75 bits per heavy atom. The predicted molar refractivity (Wildman–Crippen MR) is 79.7 cm³/mol. The Morgan fingerprint density at radius 1 is 1.56 bits per heavy atom. The summed E-state index contributed by atoms with van der Waals surface area (Å²) in [5.41, 5.74) is 0. The Balaban J connectivity index is 2.41. The molecule has 1 aromatic rings. The molecule has 1 rings (SSSR count). The van der Waals surface area contributed by atoms with Crippen LogP contribution < -0.4 is 5.32 Å². The van der Waals surface area contributed by atoms with E-state index in [0.717, 1.165) is 26.0 Å². The van der Waals surface area contributed by atoms with Crippen LogP contribution in [-0.4, -0.2) is 17.3 Å². The van der Waals surface area contributed by atoms with Crippen LogP contribution in [0, 0.1) is 0 Å². The lowest BCUT2D eigenvalue weighted by atomic mass is 10.2. The number of hydrogen-bond donors (Lipinski definition) is 1. The molecule has 1 amide bonds. The molecular weight excluding hydrogens is 422 g/mol. The first-order chi connectivity index (χ1) is 7.54. The molecule has 0 saturated carbocycles. The fraction of sp³-hybridized carbons (Fsp3) is 0.500. The van der Waals surface area contributed by atoms with Gasteiger partial charge in [0.15, 0.2) is 0 Å². The monoisotopic (exact) mass is 431 g/mol. The van der Waals surface area contributed by atoms with Crippen LogP contribution in [0.25, 0.3) is 0 Å². The lowest BCUT2D eigenvalue weighted by Gasteiger charge is -2.07. The zero-order chi connectivity index (χ0) is 12.1. The molecule has 0 aromatic carbocycles. The SMILES string of the molecule is CCC(Br)CCNC(=O)c1cc(Br)c(Br)s1. The van der Waals surface area contributed by atoms with Crippen LogP contribution in [0.2, 0.25) is 0 Å². The minimum absolute atomic E-state index is 0.00722. The predicted octanol–water partition coefficient (Wildman–Crippen LogP) is 4.57. The summed E-state index contributed by atoms with van der Waals surface area (Å²) < 4.78 is 1.87. The van der Waals surface area contributed by atoms with Gasteiger partial charge in [-0.05, 0) is 50.8 Å². The molecule has 0 radical (unpaired) electrons. The van der Waals surface area contributed by atoms with Crippen molar-refractivity contribution in [2.45, 2.75) is 24.6 Å². The third-order valence-electron chi connectivity index (χ3n) is 2.06. The maximum atomic E-state index is 11.7. The van der Waals surface area contributed by atoms with Crippen LogP contribution in [0.15, 0.2) is 14.3 Å². The Morgan fingerprint density at radius 2 is 2.25 bits per heavy atom. The van der Waals surface area contributed by atoms with E-state index in [9.17, 15) is 4.79 Å². The van der Waals surface area contributed by atoms with Crippen LogP contribution in [0.3, 0.4) is 0 Å². The zero-order valence-electron chi connectivity index (χ0n) is 8.73. The molecule has 0 fully saturated rings. The first kappa shape index (κ1) is 14.7. The number of carbonyl (C=O) groups excluding carboxylic acids is 1. The van der Waals surface area contributed by atoms with Crippen LogP contribution in [-0.2, 0) is 0 Å². The van der Waals surface area contributed by atoms with Crippen molar-refractivity contribution in [2.75, 3.05) is 6.54 Å². The highest BCUT2D eigenvalue weighted by Gasteiger charge is 2.11. The molecule has 1 unspecified atom stereocenters. The quantitative estimate of drug-likeness (QED) is 0.677. The van der Waals surface area contributed by atoms with E-state index in [0.29, 0.717) is 11.4 Å². The van der Waals surface area contributed by atoms with E-state index < -0.39 is 0 Å². The van der Waals surface area contributed by atoms with Gasteiger partial charge >= 0.3 is 0 Å². The van der Waals surface area contributed by atoms with Crippen molar-refractivity contribution in [1.82, 2.24) is 5.32 Å². The first-order valence-corrected chi connectivity index (χ1v) is 8.23. The van der Waals surface area contributed by atoms with E-state index in [2.05, 4.69) is 60.0 Å². The van der Waals surface area contributed by atoms with E-state index in [1.165, 1.54) is 11.3 Å². The summed E-state index contributed by atoms with van der Waals surface area (Å²) in [5, 5.41) is 2.90. The van der Waals surface area contributed by atoms with E-state index >= 15 is 0 Å². The van der Waals surface area contributed by atoms with Crippen LogP contribution in [0.1, 0.15) is 29.4 Å². The maximum Gasteiger partial charge on any atom is 0.261 e. The van der Waals surface area contributed by atoms with Gasteiger partial charge in [-0.25, -0.2) is 0 Å². The highest BCUT2D eigenvalue weighted by molar-refractivity contribution is 9.13. The standard InChI is InChI=1S/C10H12Br3NOS/c1-2-6(11)3-4-14-10(15)8-5-7(12)9(13)16-8/h5-6H,2-4H2,1H3,(H,14,15). The van der Waals surface area contributed by atoms with Crippen molar-refractivity contribution in [3.63, 3.8) is 0 Å². The van der Waals surface area contributed by atoms with Gasteiger partial charge in [-0.3, -0.25) is 4.79 Å². The van der Waals surface area contributed by atoms with Gasteiger partial charge in [0, 0.05) is 15.8 Å². The number of carbonyl (C=O) groups is 1. The molecule has 0 spiro atoms. The molecule has 6 heteroatoms. The van der Waals surface area contributed by atoms with Gasteiger partial charge in [-0.2, -0.15) is 0 Å². The molecule has 1 atom stereocenters. The first-order valence-electron chi connectivity index (χ1n) is 4.91. The maximum absolute atomic E-state index is 11.7. The van der Waals surface area contributed by atoms with Crippen LogP contribution in [0.4, 0.5) is 0 Å². The fourth-order valence-corrected chi connectivity index (χ4v) is 3.27. The highest BCUT2D eigenvalue weighted by atomic mass is 79.9. The molecule has 0 aliphatic rings. The molecule has 2 nitrogen and oxygen atoms in total. The molecule has 1 N–H and O–H groups in total. The number of thiophene rings is 1. The Hall–Kier alpha value is 0.610. The van der Waals surface area contributed by atoms with E-state index in [1.807, 2.05) is 6.07 Å². The molecule has 0 bridgehead atoms. The van der Waals surface area contributed by atoms with Gasteiger partial charge in [-0.1, -0.05) is 22.9 Å². The normalized spacial score (nSPS) is 12.5. The molecule has 16 heavy (non-hydrogen) atoms. The highest BCUT2D eigenvalue weighted by Crippen LogP contribution is 2.32. The number of alkyl halides is 1. The average molecular weight is 434 g/mol. The summed E-state index contributed by atoms with van der Waals surface area (Å²) in [4.78, 5) is 12.9. The molecule has 0 aliphatic heterocycles. The summed E-state index contributed by atoms with van der Waals surface area (Å²) >= 11 is 11.7.